The Morgan fingerprint density at radius 2 is 1.81 bits per heavy atom. The maximum Gasteiger partial charge on any atom is 0.325 e. The lowest BCUT2D eigenvalue weighted by atomic mass is 10.2. The number of benzene rings is 1. The number of nitrogens with zero attached hydrogens (tertiary/aromatic N) is 2. The van der Waals surface area contributed by atoms with Crippen molar-refractivity contribution in [2.45, 2.75) is 13.8 Å². The van der Waals surface area contributed by atoms with Crippen LogP contribution < -0.4 is 4.90 Å². The fourth-order valence-corrected chi connectivity index (χ4v) is 1.96. The molecule has 5 nitrogen and oxygen atoms in total. The van der Waals surface area contributed by atoms with Crippen LogP contribution in [-0.4, -0.2) is 41.6 Å². The SMILES string of the molecule is C=C(C)CN(CC)C(=O)N(CC(=O)O)c1ccc(Cl)cc1. The number of amides is 2. The van der Waals surface area contributed by atoms with Crippen molar-refractivity contribution >= 4 is 29.3 Å². The predicted molar refractivity (Wildman–Crippen MR) is 83.9 cm³/mol. The zero-order valence-electron chi connectivity index (χ0n) is 12.2. The van der Waals surface area contributed by atoms with Crippen LogP contribution in [-0.2, 0) is 4.79 Å². The highest BCUT2D eigenvalue weighted by Crippen LogP contribution is 2.19. The van der Waals surface area contributed by atoms with Gasteiger partial charge in [-0.05, 0) is 38.1 Å². The highest BCUT2D eigenvalue weighted by atomic mass is 35.5. The number of carbonyl (C=O) groups excluding carboxylic acids is 1. The Bertz CT molecular complexity index is 528. The molecule has 1 aromatic rings. The van der Waals surface area contributed by atoms with Gasteiger partial charge in [-0.25, -0.2) is 4.79 Å². The summed E-state index contributed by atoms with van der Waals surface area (Å²) in [5, 5.41) is 9.55. The average molecular weight is 311 g/mol. The molecule has 6 heteroatoms. The lowest BCUT2D eigenvalue weighted by Gasteiger charge is -2.29. The third-order valence-electron chi connectivity index (χ3n) is 2.78. The standard InChI is InChI=1S/C15H19ClN2O3/c1-4-17(9-11(2)3)15(21)18(10-14(19)20)13-7-5-12(16)6-8-13/h5-8H,2,4,9-10H2,1,3H3,(H,19,20). The minimum Gasteiger partial charge on any atom is -0.480 e. The number of carboxylic acids is 1. The zero-order valence-corrected chi connectivity index (χ0v) is 12.9. The van der Waals surface area contributed by atoms with Crippen LogP contribution in [0.3, 0.4) is 0 Å². The van der Waals surface area contributed by atoms with Gasteiger partial charge in [0.15, 0.2) is 0 Å². The number of aliphatic carboxylic acids is 1. The van der Waals surface area contributed by atoms with Crippen molar-refractivity contribution < 1.29 is 14.7 Å². The lowest BCUT2D eigenvalue weighted by molar-refractivity contribution is -0.135. The summed E-state index contributed by atoms with van der Waals surface area (Å²) >= 11 is 5.82. The lowest BCUT2D eigenvalue weighted by Crippen LogP contribution is -2.46. The van der Waals surface area contributed by atoms with E-state index in [1.165, 1.54) is 4.90 Å². The Morgan fingerprint density at radius 3 is 2.24 bits per heavy atom. The fraction of sp³-hybridized carbons (Fsp3) is 0.333. The van der Waals surface area contributed by atoms with Gasteiger partial charge in [-0.3, -0.25) is 9.69 Å². The molecule has 0 aliphatic rings. The van der Waals surface area contributed by atoms with E-state index in [4.69, 9.17) is 16.7 Å². The second-order valence-corrected chi connectivity index (χ2v) is 5.15. The first-order chi connectivity index (χ1) is 9.85. The molecule has 0 aliphatic carbocycles. The Hall–Kier alpha value is -2.01. The molecule has 0 fully saturated rings. The minimum absolute atomic E-state index is 0.370. The maximum absolute atomic E-state index is 12.5. The molecular formula is C15H19ClN2O3. The zero-order chi connectivity index (χ0) is 16.0. The van der Waals surface area contributed by atoms with Crippen molar-refractivity contribution in [2.75, 3.05) is 24.5 Å². The third kappa shape index (κ3) is 5.11. The van der Waals surface area contributed by atoms with Crippen LogP contribution in [0, 0.1) is 0 Å². The van der Waals surface area contributed by atoms with Gasteiger partial charge in [0.2, 0.25) is 0 Å². The van der Waals surface area contributed by atoms with Crippen molar-refractivity contribution in [3.8, 4) is 0 Å². The number of urea groups is 1. The molecule has 0 aromatic heterocycles. The molecule has 114 valence electrons. The first-order valence-corrected chi connectivity index (χ1v) is 6.91. The molecule has 0 saturated heterocycles. The van der Waals surface area contributed by atoms with Crippen LogP contribution in [0.4, 0.5) is 10.5 Å². The van der Waals surface area contributed by atoms with E-state index >= 15 is 0 Å². The van der Waals surface area contributed by atoms with E-state index in [2.05, 4.69) is 6.58 Å². The second-order valence-electron chi connectivity index (χ2n) is 4.71. The largest absolute Gasteiger partial charge is 0.480 e. The monoisotopic (exact) mass is 310 g/mol. The minimum atomic E-state index is -1.08. The van der Waals surface area contributed by atoms with Gasteiger partial charge in [0.05, 0.1) is 0 Å². The Kier molecular flexibility index (Phi) is 6.24. The first kappa shape index (κ1) is 17.0. The number of rotatable bonds is 6. The molecule has 0 aliphatic heterocycles. The molecule has 1 N–H and O–H groups in total. The van der Waals surface area contributed by atoms with E-state index in [1.807, 2.05) is 13.8 Å². The van der Waals surface area contributed by atoms with E-state index in [-0.39, 0.29) is 6.03 Å². The van der Waals surface area contributed by atoms with Crippen LogP contribution in [0.5, 0.6) is 0 Å². The average Bonchev–Trinajstić information content (AvgIpc) is 2.42. The van der Waals surface area contributed by atoms with Gasteiger partial charge in [-0.1, -0.05) is 23.8 Å². The van der Waals surface area contributed by atoms with Crippen LogP contribution >= 0.6 is 11.6 Å². The van der Waals surface area contributed by atoms with Crippen molar-refractivity contribution in [3.05, 3.63) is 41.4 Å². The Morgan fingerprint density at radius 1 is 1.24 bits per heavy atom. The van der Waals surface area contributed by atoms with Gasteiger partial charge in [0.1, 0.15) is 6.54 Å². The van der Waals surface area contributed by atoms with Gasteiger partial charge in [0.25, 0.3) is 0 Å². The first-order valence-electron chi connectivity index (χ1n) is 6.53. The van der Waals surface area contributed by atoms with Crippen molar-refractivity contribution in [2.24, 2.45) is 0 Å². The number of likely N-dealkylation sites (N-methyl/N-ethyl adjacent to an activating group) is 1. The summed E-state index contributed by atoms with van der Waals surface area (Å²) in [6.45, 7) is 7.88. The van der Waals surface area contributed by atoms with Crippen LogP contribution in [0.25, 0.3) is 0 Å². The topological polar surface area (TPSA) is 60.9 Å². The number of carboxylic acid groups (broad SMARTS) is 1. The van der Waals surface area contributed by atoms with E-state index in [1.54, 1.807) is 29.2 Å². The van der Waals surface area contributed by atoms with Crippen LogP contribution in [0.1, 0.15) is 13.8 Å². The molecule has 0 unspecified atom stereocenters. The Balaban J connectivity index is 3.05. The molecule has 2 amide bonds. The summed E-state index contributed by atoms with van der Waals surface area (Å²) < 4.78 is 0. The second kappa shape index (κ2) is 7.69. The van der Waals surface area contributed by atoms with Gasteiger partial charge < -0.3 is 10.0 Å². The van der Waals surface area contributed by atoms with E-state index < -0.39 is 12.5 Å². The summed E-state index contributed by atoms with van der Waals surface area (Å²) in [5.41, 5.74) is 1.32. The van der Waals surface area contributed by atoms with Gasteiger partial charge in [0, 0.05) is 23.8 Å². The summed E-state index contributed by atoms with van der Waals surface area (Å²) in [6.07, 6.45) is 0. The molecule has 0 radical (unpaired) electrons. The number of halogens is 1. The summed E-state index contributed by atoms with van der Waals surface area (Å²) in [6, 6.07) is 6.11. The molecule has 0 atom stereocenters. The summed E-state index contributed by atoms with van der Waals surface area (Å²) in [4.78, 5) is 26.3. The third-order valence-corrected chi connectivity index (χ3v) is 3.03. The van der Waals surface area contributed by atoms with Gasteiger partial charge in [-0.15, -0.1) is 0 Å². The summed E-state index contributed by atoms with van der Waals surface area (Å²) in [7, 11) is 0. The fourth-order valence-electron chi connectivity index (χ4n) is 1.84. The maximum atomic E-state index is 12.5. The smallest absolute Gasteiger partial charge is 0.325 e. The van der Waals surface area contributed by atoms with E-state index in [0.29, 0.717) is 23.8 Å². The molecule has 0 heterocycles. The van der Waals surface area contributed by atoms with Crippen molar-refractivity contribution in [1.82, 2.24) is 4.90 Å². The normalized spacial score (nSPS) is 10.0. The molecular weight excluding hydrogens is 292 g/mol. The molecule has 0 spiro atoms. The number of carbonyl (C=O) groups is 2. The van der Waals surface area contributed by atoms with Crippen molar-refractivity contribution in [3.63, 3.8) is 0 Å². The van der Waals surface area contributed by atoms with E-state index in [9.17, 15) is 9.59 Å². The highest BCUT2D eigenvalue weighted by Gasteiger charge is 2.23. The quantitative estimate of drug-likeness (QED) is 0.820. The number of hydrogen-bond acceptors (Lipinski definition) is 2. The van der Waals surface area contributed by atoms with Gasteiger partial charge in [-0.2, -0.15) is 0 Å². The number of anilines is 1. The molecule has 21 heavy (non-hydrogen) atoms. The number of hydrogen-bond donors (Lipinski definition) is 1. The molecule has 0 saturated carbocycles. The van der Waals surface area contributed by atoms with Crippen LogP contribution in [0.2, 0.25) is 5.02 Å². The summed E-state index contributed by atoms with van der Waals surface area (Å²) in [5.74, 6) is -1.08. The van der Waals surface area contributed by atoms with Gasteiger partial charge >= 0.3 is 12.0 Å². The molecule has 0 bridgehead atoms. The van der Waals surface area contributed by atoms with Crippen LogP contribution in [0.15, 0.2) is 36.4 Å². The van der Waals surface area contributed by atoms with Crippen molar-refractivity contribution in [1.29, 1.82) is 0 Å². The molecule has 1 aromatic carbocycles. The predicted octanol–water partition coefficient (Wildman–Crippen LogP) is 3.25. The van der Waals surface area contributed by atoms with E-state index in [0.717, 1.165) is 5.57 Å². The highest BCUT2D eigenvalue weighted by molar-refractivity contribution is 6.30. The Labute approximate surface area is 129 Å². The molecule has 1 rings (SSSR count).